The molecule has 3 aliphatic carbocycles. The molecular formula is C47H39N3. The van der Waals surface area contributed by atoms with Crippen molar-refractivity contribution in [3.63, 3.8) is 0 Å². The van der Waals surface area contributed by atoms with Gasteiger partial charge in [0.1, 0.15) is 5.82 Å². The highest BCUT2D eigenvalue weighted by Gasteiger charge is 2.68. The van der Waals surface area contributed by atoms with E-state index in [4.69, 9.17) is 15.0 Å². The average molecular weight is 646 g/mol. The molecule has 10 rings (SSSR count). The second-order valence-corrected chi connectivity index (χ2v) is 14.9. The van der Waals surface area contributed by atoms with Crippen molar-refractivity contribution in [3.8, 4) is 45.0 Å². The summed E-state index contributed by atoms with van der Waals surface area (Å²) in [5.41, 5.74) is 11.0. The molecule has 3 nitrogen and oxygen atoms in total. The molecule has 0 saturated heterocycles. The molecule has 6 aromatic carbocycles. The highest BCUT2D eigenvalue weighted by atomic mass is 15.1. The van der Waals surface area contributed by atoms with E-state index in [0.717, 1.165) is 28.1 Å². The summed E-state index contributed by atoms with van der Waals surface area (Å²) in [5, 5.41) is 0. The van der Waals surface area contributed by atoms with Gasteiger partial charge in [0, 0.05) is 17.0 Å². The lowest BCUT2D eigenvalue weighted by atomic mass is 9.36. The van der Waals surface area contributed by atoms with E-state index in [-0.39, 0.29) is 16.7 Å². The van der Waals surface area contributed by atoms with Gasteiger partial charge in [-0.2, -0.15) is 0 Å². The van der Waals surface area contributed by atoms with Crippen LogP contribution in [-0.2, 0) is 5.41 Å². The molecule has 7 aromatic rings. The zero-order chi connectivity index (χ0) is 34.1. The number of hydrogen-bond donors (Lipinski definition) is 0. The molecule has 0 fully saturated rings. The third-order valence-electron chi connectivity index (χ3n) is 12.1. The van der Waals surface area contributed by atoms with Crippen molar-refractivity contribution in [2.45, 2.75) is 39.0 Å². The maximum Gasteiger partial charge on any atom is 0.163 e. The standard InChI is InChI=1S/C47H39N3/c1-45(2)41-37-19-11-13-21-39(37)47(46(45,3)4,40-22-14-12-20-38(40)41)44-49-42(35-27-23-33(24-28-35)31-15-7-5-8-16-31)48-43(50-44)36-29-25-34(26-30-36)32-17-9-6-10-18-32/h5-30,41H,1-4H3. The molecule has 0 spiro atoms. The van der Waals surface area contributed by atoms with Crippen molar-refractivity contribution in [1.82, 2.24) is 15.0 Å². The minimum atomic E-state index is -0.612. The second-order valence-electron chi connectivity index (χ2n) is 14.9. The highest BCUT2D eigenvalue weighted by Crippen LogP contribution is 2.73. The van der Waals surface area contributed by atoms with E-state index in [9.17, 15) is 0 Å². The summed E-state index contributed by atoms with van der Waals surface area (Å²) >= 11 is 0. The van der Waals surface area contributed by atoms with E-state index in [1.807, 2.05) is 0 Å². The first kappa shape index (κ1) is 30.4. The first-order chi connectivity index (χ1) is 24.3. The summed E-state index contributed by atoms with van der Waals surface area (Å²) < 4.78 is 0. The molecule has 2 bridgehead atoms. The van der Waals surface area contributed by atoms with Crippen LogP contribution < -0.4 is 0 Å². The van der Waals surface area contributed by atoms with Crippen molar-refractivity contribution in [1.29, 1.82) is 0 Å². The van der Waals surface area contributed by atoms with Crippen molar-refractivity contribution >= 4 is 0 Å². The third kappa shape index (κ3) is 4.26. The lowest BCUT2D eigenvalue weighted by molar-refractivity contribution is 0.000924. The predicted octanol–water partition coefficient (Wildman–Crippen LogP) is 11.4. The van der Waals surface area contributed by atoms with E-state index in [1.54, 1.807) is 0 Å². The van der Waals surface area contributed by atoms with Crippen molar-refractivity contribution in [2.24, 2.45) is 10.8 Å². The Kier molecular flexibility index (Phi) is 6.80. The maximum absolute atomic E-state index is 5.52. The van der Waals surface area contributed by atoms with Gasteiger partial charge < -0.3 is 0 Å². The van der Waals surface area contributed by atoms with E-state index in [0.29, 0.717) is 11.6 Å². The minimum Gasteiger partial charge on any atom is -0.212 e. The molecule has 0 radical (unpaired) electrons. The number of rotatable bonds is 5. The van der Waals surface area contributed by atoms with Crippen LogP contribution in [0.1, 0.15) is 61.7 Å². The van der Waals surface area contributed by atoms with Gasteiger partial charge in [0.05, 0.1) is 5.41 Å². The molecule has 242 valence electrons. The van der Waals surface area contributed by atoms with Gasteiger partial charge in [0.25, 0.3) is 0 Å². The van der Waals surface area contributed by atoms with Crippen LogP contribution in [0, 0.1) is 10.8 Å². The third-order valence-corrected chi connectivity index (χ3v) is 12.1. The molecule has 3 heteroatoms. The molecule has 0 atom stereocenters. The van der Waals surface area contributed by atoms with Crippen LogP contribution in [0.3, 0.4) is 0 Å². The average Bonchev–Trinajstić information content (AvgIpc) is 3.17. The van der Waals surface area contributed by atoms with E-state index in [1.165, 1.54) is 33.4 Å². The fourth-order valence-corrected chi connectivity index (χ4v) is 9.00. The van der Waals surface area contributed by atoms with E-state index < -0.39 is 5.41 Å². The summed E-state index contributed by atoms with van der Waals surface area (Å²) in [7, 11) is 0. The Morgan fingerprint density at radius 1 is 0.380 bits per heavy atom. The molecule has 0 unspecified atom stereocenters. The van der Waals surface area contributed by atoms with Crippen LogP contribution in [0.2, 0.25) is 0 Å². The highest BCUT2D eigenvalue weighted by molar-refractivity contribution is 5.72. The normalized spacial score (nSPS) is 19.4. The van der Waals surface area contributed by atoms with Crippen LogP contribution in [0.4, 0.5) is 0 Å². The van der Waals surface area contributed by atoms with Gasteiger partial charge >= 0.3 is 0 Å². The van der Waals surface area contributed by atoms with Crippen LogP contribution in [-0.4, -0.2) is 15.0 Å². The van der Waals surface area contributed by atoms with Gasteiger partial charge in [-0.15, -0.1) is 0 Å². The van der Waals surface area contributed by atoms with Gasteiger partial charge in [0.15, 0.2) is 11.6 Å². The number of nitrogens with zero attached hydrogens (tertiary/aromatic N) is 3. The van der Waals surface area contributed by atoms with Crippen LogP contribution in [0.25, 0.3) is 45.0 Å². The Bertz CT molecular complexity index is 2210. The Hall–Kier alpha value is -5.67. The molecule has 1 aromatic heterocycles. The molecule has 50 heavy (non-hydrogen) atoms. The Morgan fingerprint density at radius 2 is 0.740 bits per heavy atom. The van der Waals surface area contributed by atoms with Crippen molar-refractivity contribution in [2.75, 3.05) is 0 Å². The predicted molar refractivity (Wildman–Crippen MR) is 204 cm³/mol. The van der Waals surface area contributed by atoms with Gasteiger partial charge in [0.2, 0.25) is 0 Å². The largest absolute Gasteiger partial charge is 0.212 e. The first-order valence-corrected chi connectivity index (χ1v) is 17.6. The van der Waals surface area contributed by atoms with Gasteiger partial charge in [-0.25, -0.2) is 15.0 Å². The SMILES string of the molecule is CC1(C)C2c3ccccc3C(c3nc(-c4ccc(-c5ccccc5)cc4)nc(-c4ccc(-c5ccccc5)cc4)n3)(c3ccccc32)C1(C)C. The number of hydrogen-bond acceptors (Lipinski definition) is 3. The monoisotopic (exact) mass is 645 g/mol. The zero-order valence-corrected chi connectivity index (χ0v) is 28.9. The van der Waals surface area contributed by atoms with Gasteiger partial charge in [-0.3, -0.25) is 0 Å². The van der Waals surface area contributed by atoms with Crippen LogP contribution in [0.15, 0.2) is 158 Å². The topological polar surface area (TPSA) is 38.7 Å². The molecule has 3 aliphatic rings. The summed E-state index contributed by atoms with van der Waals surface area (Å²) in [5.74, 6) is 2.43. The fraction of sp³-hybridized carbons (Fsp3) is 0.170. The van der Waals surface area contributed by atoms with E-state index >= 15 is 0 Å². The minimum absolute atomic E-state index is 0.0999. The zero-order valence-electron chi connectivity index (χ0n) is 28.9. The van der Waals surface area contributed by atoms with Crippen LogP contribution in [0.5, 0.6) is 0 Å². The Morgan fingerprint density at radius 3 is 1.18 bits per heavy atom. The molecule has 0 saturated carbocycles. The molecular weight excluding hydrogens is 607 g/mol. The quantitative estimate of drug-likeness (QED) is 0.187. The number of aromatic nitrogens is 3. The molecule has 1 heterocycles. The summed E-state index contributed by atoms with van der Waals surface area (Å²) in [6.07, 6.45) is 0. The molecule has 0 aliphatic heterocycles. The summed E-state index contributed by atoms with van der Waals surface area (Å²) in [6, 6.07) is 56.3. The fourth-order valence-electron chi connectivity index (χ4n) is 9.00. The van der Waals surface area contributed by atoms with Gasteiger partial charge in [-0.05, 0) is 55.3 Å². The smallest absolute Gasteiger partial charge is 0.163 e. The Labute approximate surface area is 294 Å². The Balaban J connectivity index is 1.30. The van der Waals surface area contributed by atoms with Crippen molar-refractivity contribution in [3.05, 3.63) is 186 Å². The van der Waals surface area contributed by atoms with E-state index in [2.05, 4.69) is 185 Å². The second kappa shape index (κ2) is 11.2. The van der Waals surface area contributed by atoms with Crippen molar-refractivity contribution < 1.29 is 0 Å². The van der Waals surface area contributed by atoms with Gasteiger partial charge in [-0.1, -0.05) is 185 Å². The van der Waals surface area contributed by atoms with Crippen LogP contribution >= 0.6 is 0 Å². The number of benzene rings is 6. The molecule has 0 amide bonds. The lowest BCUT2D eigenvalue weighted by Crippen LogP contribution is -2.62. The maximum atomic E-state index is 5.52. The molecule has 0 N–H and O–H groups in total. The number of fused-ring (bicyclic) bond motifs is 1. The summed E-state index contributed by atoms with van der Waals surface area (Å²) in [4.78, 5) is 16.3. The summed E-state index contributed by atoms with van der Waals surface area (Å²) in [6.45, 7) is 9.73. The lowest BCUT2D eigenvalue weighted by Gasteiger charge is -2.66. The first-order valence-electron chi connectivity index (χ1n) is 17.6.